The van der Waals surface area contributed by atoms with Crippen LogP contribution in [-0.2, 0) is 4.74 Å². The molecule has 2 aliphatic rings. The van der Waals surface area contributed by atoms with Crippen LogP contribution in [0.5, 0.6) is 5.75 Å². The van der Waals surface area contributed by atoms with Crippen molar-refractivity contribution in [2.45, 2.75) is 37.8 Å². The average Bonchev–Trinajstić information content (AvgIpc) is 3.37. The van der Waals surface area contributed by atoms with Gasteiger partial charge in [-0.3, -0.25) is 9.59 Å². The lowest BCUT2D eigenvalue weighted by Gasteiger charge is -2.13. The molecule has 1 heterocycles. The second kappa shape index (κ2) is 8.44. The number of ether oxygens (including phenoxy) is 2. The van der Waals surface area contributed by atoms with Gasteiger partial charge in [0.25, 0.3) is 11.8 Å². The van der Waals surface area contributed by atoms with Gasteiger partial charge in [0.1, 0.15) is 12.4 Å². The summed E-state index contributed by atoms with van der Waals surface area (Å²) < 4.78 is 11.3. The minimum absolute atomic E-state index is 0.154. The highest BCUT2D eigenvalue weighted by Crippen LogP contribution is 2.22. The highest BCUT2D eigenvalue weighted by molar-refractivity contribution is 6.09. The second-order valence-electron chi connectivity index (χ2n) is 7.22. The lowest BCUT2D eigenvalue weighted by Crippen LogP contribution is -2.27. The summed E-state index contributed by atoms with van der Waals surface area (Å²) in [6.45, 7) is 1.32. The molecule has 1 saturated heterocycles. The molecule has 1 saturated carbocycles. The van der Waals surface area contributed by atoms with E-state index in [4.69, 9.17) is 9.47 Å². The van der Waals surface area contributed by atoms with Gasteiger partial charge in [0.2, 0.25) is 0 Å². The predicted molar refractivity (Wildman–Crippen MR) is 106 cm³/mol. The van der Waals surface area contributed by atoms with E-state index in [1.807, 2.05) is 0 Å². The largest absolute Gasteiger partial charge is 0.491 e. The summed E-state index contributed by atoms with van der Waals surface area (Å²) in [7, 11) is 0. The van der Waals surface area contributed by atoms with Crippen molar-refractivity contribution in [3.05, 3.63) is 59.7 Å². The molecule has 0 spiro atoms. The van der Waals surface area contributed by atoms with Crippen molar-refractivity contribution in [1.82, 2.24) is 5.32 Å². The maximum Gasteiger partial charge on any atom is 0.255 e. The zero-order valence-corrected chi connectivity index (χ0v) is 15.6. The number of nitrogens with one attached hydrogen (secondary N) is 2. The van der Waals surface area contributed by atoms with Crippen molar-refractivity contribution in [2.24, 2.45) is 0 Å². The average molecular weight is 380 g/mol. The molecular formula is C22H24N2O4. The van der Waals surface area contributed by atoms with Crippen LogP contribution < -0.4 is 15.4 Å². The molecule has 1 aliphatic heterocycles. The third-order valence-corrected chi connectivity index (χ3v) is 4.91. The Balaban J connectivity index is 1.37. The molecule has 0 bridgehead atoms. The number of anilines is 1. The minimum atomic E-state index is -0.266. The normalized spacial score (nSPS) is 18.5. The molecule has 2 amide bonds. The Morgan fingerprint density at radius 3 is 2.50 bits per heavy atom. The highest BCUT2D eigenvalue weighted by atomic mass is 16.5. The van der Waals surface area contributed by atoms with E-state index in [1.54, 1.807) is 48.5 Å². The third kappa shape index (κ3) is 4.70. The lowest BCUT2D eigenvalue weighted by atomic mass is 10.1. The first-order valence-electron chi connectivity index (χ1n) is 9.75. The molecule has 2 aromatic carbocycles. The summed E-state index contributed by atoms with van der Waals surface area (Å²) in [4.78, 5) is 25.0. The van der Waals surface area contributed by atoms with Crippen molar-refractivity contribution >= 4 is 17.5 Å². The van der Waals surface area contributed by atoms with Crippen molar-refractivity contribution in [2.75, 3.05) is 18.5 Å². The minimum Gasteiger partial charge on any atom is -0.491 e. The van der Waals surface area contributed by atoms with E-state index in [2.05, 4.69) is 10.6 Å². The van der Waals surface area contributed by atoms with Gasteiger partial charge in [0, 0.05) is 18.2 Å². The summed E-state index contributed by atoms with van der Waals surface area (Å²) in [6, 6.07) is 14.3. The summed E-state index contributed by atoms with van der Waals surface area (Å²) in [5.74, 6) is 0.282. The molecule has 0 radical (unpaired) electrons. The van der Waals surface area contributed by atoms with Crippen LogP contribution in [0.1, 0.15) is 46.4 Å². The van der Waals surface area contributed by atoms with E-state index in [9.17, 15) is 9.59 Å². The fraction of sp³-hybridized carbons (Fsp3) is 0.364. The number of para-hydroxylation sites is 1. The molecule has 1 aliphatic carbocycles. The van der Waals surface area contributed by atoms with Gasteiger partial charge in [-0.05, 0) is 62.1 Å². The third-order valence-electron chi connectivity index (χ3n) is 4.91. The Bertz CT molecular complexity index is 840. The summed E-state index contributed by atoms with van der Waals surface area (Å²) in [5, 5.41) is 5.79. The van der Waals surface area contributed by atoms with Crippen LogP contribution in [0.15, 0.2) is 48.5 Å². The fourth-order valence-electron chi connectivity index (χ4n) is 3.14. The molecule has 28 heavy (non-hydrogen) atoms. The Morgan fingerprint density at radius 2 is 1.79 bits per heavy atom. The van der Waals surface area contributed by atoms with E-state index < -0.39 is 0 Å². The quantitative estimate of drug-likeness (QED) is 0.772. The number of hydrogen-bond acceptors (Lipinski definition) is 4. The van der Waals surface area contributed by atoms with Gasteiger partial charge in [0.15, 0.2) is 0 Å². The topological polar surface area (TPSA) is 76.7 Å². The number of hydrogen-bond donors (Lipinski definition) is 2. The van der Waals surface area contributed by atoms with Gasteiger partial charge in [-0.15, -0.1) is 0 Å². The van der Waals surface area contributed by atoms with Crippen LogP contribution >= 0.6 is 0 Å². The summed E-state index contributed by atoms with van der Waals surface area (Å²) in [5.41, 5.74) is 1.48. The Labute approximate surface area is 164 Å². The Morgan fingerprint density at radius 1 is 1.00 bits per heavy atom. The van der Waals surface area contributed by atoms with E-state index in [0.29, 0.717) is 29.2 Å². The first kappa shape index (κ1) is 18.5. The first-order valence-corrected chi connectivity index (χ1v) is 9.75. The van der Waals surface area contributed by atoms with Gasteiger partial charge in [-0.25, -0.2) is 0 Å². The number of carbonyl (C=O) groups is 2. The van der Waals surface area contributed by atoms with Crippen molar-refractivity contribution in [3.63, 3.8) is 0 Å². The monoisotopic (exact) mass is 380 g/mol. The SMILES string of the molecule is O=C(Nc1ccccc1C(=O)NC1CC1)c1ccc(OCC2CCCO2)cc1. The maximum absolute atomic E-state index is 12.6. The standard InChI is InChI=1S/C22H24N2O4/c25-21(15-7-11-17(12-8-15)28-14-18-4-3-13-27-18)24-20-6-2-1-5-19(20)22(26)23-16-9-10-16/h1-2,5-8,11-12,16,18H,3-4,9-10,13-14H2,(H,23,26)(H,24,25). The molecule has 0 aromatic heterocycles. The van der Waals surface area contributed by atoms with Gasteiger partial charge < -0.3 is 20.1 Å². The van der Waals surface area contributed by atoms with Gasteiger partial charge in [0.05, 0.1) is 17.4 Å². The van der Waals surface area contributed by atoms with E-state index in [-0.39, 0.29) is 24.0 Å². The van der Waals surface area contributed by atoms with Crippen LogP contribution in [0.25, 0.3) is 0 Å². The molecule has 2 fully saturated rings. The highest BCUT2D eigenvalue weighted by Gasteiger charge is 2.25. The van der Waals surface area contributed by atoms with Gasteiger partial charge >= 0.3 is 0 Å². The van der Waals surface area contributed by atoms with E-state index in [1.165, 1.54) is 0 Å². The molecule has 6 heteroatoms. The molecule has 1 unspecified atom stereocenters. The number of rotatable bonds is 7. The van der Waals surface area contributed by atoms with E-state index in [0.717, 1.165) is 32.3 Å². The number of carbonyl (C=O) groups excluding carboxylic acids is 2. The van der Waals surface area contributed by atoms with E-state index >= 15 is 0 Å². The zero-order valence-electron chi connectivity index (χ0n) is 15.6. The fourth-order valence-corrected chi connectivity index (χ4v) is 3.14. The second-order valence-corrected chi connectivity index (χ2v) is 7.22. The van der Waals surface area contributed by atoms with Crippen molar-refractivity contribution < 1.29 is 19.1 Å². The van der Waals surface area contributed by atoms with Gasteiger partial charge in [-0.1, -0.05) is 12.1 Å². The zero-order chi connectivity index (χ0) is 19.3. The van der Waals surface area contributed by atoms with Crippen molar-refractivity contribution in [3.8, 4) is 5.75 Å². The molecule has 4 rings (SSSR count). The molecule has 2 aromatic rings. The van der Waals surface area contributed by atoms with Crippen LogP contribution in [0.3, 0.4) is 0 Å². The van der Waals surface area contributed by atoms with Crippen LogP contribution in [0.4, 0.5) is 5.69 Å². The first-order chi connectivity index (χ1) is 13.7. The van der Waals surface area contributed by atoms with Gasteiger partial charge in [-0.2, -0.15) is 0 Å². The number of benzene rings is 2. The maximum atomic E-state index is 12.6. The smallest absolute Gasteiger partial charge is 0.255 e. The lowest BCUT2D eigenvalue weighted by molar-refractivity contribution is 0.0679. The predicted octanol–water partition coefficient (Wildman–Crippen LogP) is 3.39. The molecule has 2 N–H and O–H groups in total. The van der Waals surface area contributed by atoms with Crippen LogP contribution in [-0.4, -0.2) is 37.2 Å². The van der Waals surface area contributed by atoms with Crippen LogP contribution in [0.2, 0.25) is 0 Å². The molecule has 146 valence electrons. The summed E-state index contributed by atoms with van der Waals surface area (Å²) >= 11 is 0. The molecule has 6 nitrogen and oxygen atoms in total. The van der Waals surface area contributed by atoms with Crippen molar-refractivity contribution in [1.29, 1.82) is 0 Å². The number of amides is 2. The molecular weight excluding hydrogens is 356 g/mol. The Hall–Kier alpha value is -2.86. The van der Waals surface area contributed by atoms with Crippen LogP contribution in [0, 0.1) is 0 Å². The Kier molecular flexibility index (Phi) is 5.58. The summed E-state index contributed by atoms with van der Waals surface area (Å²) in [6.07, 6.45) is 4.28. The molecule has 1 atom stereocenters.